The van der Waals surface area contributed by atoms with Crippen LogP contribution in [0.3, 0.4) is 0 Å². The number of hydrogen-bond acceptors (Lipinski definition) is 0. The first-order valence-electron chi connectivity index (χ1n) is 5.11. The molecule has 0 aliphatic carbocycles. The van der Waals surface area contributed by atoms with Crippen LogP contribution in [0.2, 0.25) is 0 Å². The molecule has 0 aliphatic rings. The van der Waals surface area contributed by atoms with Crippen LogP contribution in [-0.2, 0) is 12.8 Å². The van der Waals surface area contributed by atoms with Crippen molar-refractivity contribution in [3.05, 3.63) is 59.1 Å². The van der Waals surface area contributed by atoms with Crippen LogP contribution in [0.15, 0.2) is 48.3 Å². The minimum Gasteiger partial charge on any atom is -0.137 e. The fourth-order valence-electron chi connectivity index (χ4n) is 1.65. The molecule has 1 aromatic heterocycles. The van der Waals surface area contributed by atoms with E-state index in [-0.39, 0.29) is 0 Å². The molecule has 0 fully saturated rings. The first kappa shape index (κ1) is 9.55. The fraction of sp³-hybridized carbons (Fsp3) is 0.231. The van der Waals surface area contributed by atoms with Crippen molar-refractivity contribution in [1.82, 2.24) is 0 Å². The van der Waals surface area contributed by atoms with Gasteiger partial charge in [-0.2, -0.15) is 0 Å². The van der Waals surface area contributed by atoms with E-state index in [1.54, 1.807) is 5.30 Å². The second-order valence-electron chi connectivity index (χ2n) is 3.53. The van der Waals surface area contributed by atoms with Crippen LogP contribution >= 0.6 is 8.19 Å². The molecule has 2 aromatic rings. The monoisotopic (exact) mass is 202 g/mol. The summed E-state index contributed by atoms with van der Waals surface area (Å²) in [5.41, 5.74) is 1.46. The highest BCUT2D eigenvalue weighted by Crippen LogP contribution is 2.17. The van der Waals surface area contributed by atoms with Gasteiger partial charge in [-0.3, -0.25) is 0 Å². The topological polar surface area (TPSA) is 0 Å². The predicted octanol–water partition coefficient (Wildman–Crippen LogP) is 3.89. The van der Waals surface area contributed by atoms with Crippen molar-refractivity contribution in [3.63, 3.8) is 0 Å². The van der Waals surface area contributed by atoms with Crippen LogP contribution in [0.25, 0.3) is 0 Å². The molecule has 1 heterocycles. The number of rotatable bonds is 4. The maximum atomic E-state index is 2.27. The first-order chi connectivity index (χ1) is 6.95. The Morgan fingerprint density at radius 3 is 2.43 bits per heavy atom. The summed E-state index contributed by atoms with van der Waals surface area (Å²) in [6.45, 7) is 0. The van der Waals surface area contributed by atoms with Crippen LogP contribution < -0.4 is 0 Å². The standard InChI is InChI=1S/C13H15P/c1-2-6-12(7-3-1)8-4-9-13-10-5-11-14-13/h1-3,5-7,10-11,14H,4,8-9H2. The molecule has 0 N–H and O–H groups in total. The molecule has 2 rings (SSSR count). The molecule has 72 valence electrons. The molecule has 14 heavy (non-hydrogen) atoms. The van der Waals surface area contributed by atoms with Crippen molar-refractivity contribution in [1.29, 1.82) is 0 Å². The molecule has 0 bridgehead atoms. The van der Waals surface area contributed by atoms with E-state index in [1.807, 2.05) is 0 Å². The van der Waals surface area contributed by atoms with Gasteiger partial charge in [-0.1, -0.05) is 42.5 Å². The largest absolute Gasteiger partial charge is 0.137 e. The molecule has 0 amide bonds. The number of benzene rings is 1. The van der Waals surface area contributed by atoms with E-state index < -0.39 is 0 Å². The van der Waals surface area contributed by atoms with Crippen LogP contribution in [0.5, 0.6) is 0 Å². The van der Waals surface area contributed by atoms with E-state index in [2.05, 4.69) is 48.3 Å². The summed E-state index contributed by atoms with van der Waals surface area (Å²) >= 11 is 0. The summed E-state index contributed by atoms with van der Waals surface area (Å²) in [5.74, 6) is 2.26. The molecule has 1 heteroatoms. The highest BCUT2D eigenvalue weighted by atomic mass is 31.0. The zero-order valence-corrected chi connectivity index (χ0v) is 9.24. The second-order valence-corrected chi connectivity index (χ2v) is 4.80. The van der Waals surface area contributed by atoms with Crippen molar-refractivity contribution < 1.29 is 0 Å². The van der Waals surface area contributed by atoms with Gasteiger partial charge >= 0.3 is 0 Å². The maximum absolute atomic E-state index is 2.27. The summed E-state index contributed by atoms with van der Waals surface area (Å²) in [6, 6.07) is 15.2. The highest BCUT2D eigenvalue weighted by molar-refractivity contribution is 7.30. The molecule has 0 saturated carbocycles. The van der Waals surface area contributed by atoms with Gasteiger partial charge in [0.05, 0.1) is 0 Å². The minimum atomic E-state index is 0.948. The molecule has 0 radical (unpaired) electrons. The lowest BCUT2D eigenvalue weighted by atomic mass is 10.1. The third-order valence-corrected chi connectivity index (χ3v) is 3.56. The number of aryl methyl sites for hydroxylation is 2. The molecule has 0 nitrogen and oxygen atoms in total. The van der Waals surface area contributed by atoms with Crippen LogP contribution in [0, 0.1) is 0 Å². The normalized spacial score (nSPS) is 10.9. The summed E-state index contributed by atoms with van der Waals surface area (Å²) in [6.07, 6.45) is 3.76. The average molecular weight is 202 g/mol. The Bertz CT molecular complexity index is 348. The van der Waals surface area contributed by atoms with E-state index in [1.165, 1.54) is 24.8 Å². The van der Waals surface area contributed by atoms with Crippen LogP contribution in [-0.4, -0.2) is 0 Å². The summed E-state index contributed by atoms with van der Waals surface area (Å²) in [7, 11) is 0.948. The highest BCUT2D eigenvalue weighted by Gasteiger charge is 1.94. The van der Waals surface area contributed by atoms with Gasteiger partial charge in [0.2, 0.25) is 0 Å². The van der Waals surface area contributed by atoms with Crippen LogP contribution in [0.4, 0.5) is 0 Å². The van der Waals surface area contributed by atoms with E-state index in [4.69, 9.17) is 0 Å². The smallest absolute Gasteiger partial charge is 0.0241 e. The van der Waals surface area contributed by atoms with Crippen molar-refractivity contribution in [3.8, 4) is 0 Å². The van der Waals surface area contributed by atoms with E-state index in [0.717, 1.165) is 8.19 Å². The van der Waals surface area contributed by atoms with Gasteiger partial charge in [-0.25, -0.2) is 0 Å². The Kier molecular flexibility index (Phi) is 3.43. The van der Waals surface area contributed by atoms with E-state index in [0.29, 0.717) is 0 Å². The predicted molar refractivity (Wildman–Crippen MR) is 64.4 cm³/mol. The quantitative estimate of drug-likeness (QED) is 0.705. The third kappa shape index (κ3) is 2.75. The zero-order chi connectivity index (χ0) is 9.64. The van der Waals surface area contributed by atoms with E-state index in [9.17, 15) is 0 Å². The third-order valence-electron chi connectivity index (χ3n) is 2.42. The molecule has 1 unspecified atom stereocenters. The Labute approximate surface area is 87.1 Å². The van der Waals surface area contributed by atoms with Gasteiger partial charge < -0.3 is 0 Å². The summed E-state index contributed by atoms with van der Waals surface area (Å²) in [5, 5.41) is 1.61. The van der Waals surface area contributed by atoms with Crippen molar-refractivity contribution in [2.45, 2.75) is 19.3 Å². The van der Waals surface area contributed by atoms with Crippen LogP contribution in [0.1, 0.15) is 17.3 Å². The van der Waals surface area contributed by atoms with Crippen molar-refractivity contribution in [2.24, 2.45) is 0 Å². The molecule has 0 spiro atoms. The Morgan fingerprint density at radius 1 is 0.857 bits per heavy atom. The lowest BCUT2D eigenvalue weighted by molar-refractivity contribution is 0.831. The average Bonchev–Trinajstić information content (AvgIpc) is 2.72. The summed E-state index contributed by atoms with van der Waals surface area (Å²) < 4.78 is 0. The van der Waals surface area contributed by atoms with E-state index >= 15 is 0 Å². The number of hydrogen-bond donors (Lipinski definition) is 0. The Hall–Kier alpha value is -1.00. The Balaban J connectivity index is 1.79. The molecular formula is C13H15P. The van der Waals surface area contributed by atoms with Gasteiger partial charge in [-0.05, 0) is 35.9 Å². The lowest BCUT2D eigenvalue weighted by Crippen LogP contribution is -1.86. The van der Waals surface area contributed by atoms with Gasteiger partial charge in [0.15, 0.2) is 0 Å². The fourth-order valence-corrected chi connectivity index (χ4v) is 2.57. The summed E-state index contributed by atoms with van der Waals surface area (Å²) in [4.78, 5) is 0. The zero-order valence-electron chi connectivity index (χ0n) is 8.24. The SMILES string of the molecule is c1ccc(CCCc2ccc[pH]2)cc1. The lowest BCUT2D eigenvalue weighted by Gasteiger charge is -1.99. The maximum Gasteiger partial charge on any atom is -0.0241 e. The molecule has 0 saturated heterocycles. The minimum absolute atomic E-state index is 0.948. The molecular weight excluding hydrogens is 187 g/mol. The second kappa shape index (κ2) is 5.02. The van der Waals surface area contributed by atoms with Gasteiger partial charge in [-0.15, -0.1) is 8.19 Å². The van der Waals surface area contributed by atoms with Crippen molar-refractivity contribution >= 4 is 8.19 Å². The van der Waals surface area contributed by atoms with Crippen molar-refractivity contribution in [2.75, 3.05) is 0 Å². The van der Waals surface area contributed by atoms with Gasteiger partial charge in [0.25, 0.3) is 0 Å². The molecule has 1 aromatic carbocycles. The van der Waals surface area contributed by atoms with Gasteiger partial charge in [0.1, 0.15) is 0 Å². The molecule has 0 aliphatic heterocycles. The van der Waals surface area contributed by atoms with Gasteiger partial charge in [0, 0.05) is 0 Å². The Morgan fingerprint density at radius 2 is 1.71 bits per heavy atom. The first-order valence-corrected chi connectivity index (χ1v) is 6.19. The molecule has 1 atom stereocenters.